The lowest BCUT2D eigenvalue weighted by Crippen LogP contribution is -2.48. The van der Waals surface area contributed by atoms with E-state index in [1.54, 1.807) is 0 Å². The van der Waals surface area contributed by atoms with E-state index >= 15 is 0 Å². The van der Waals surface area contributed by atoms with Gasteiger partial charge in [-0.1, -0.05) is 32.9 Å². The molecule has 0 aliphatic carbocycles. The van der Waals surface area contributed by atoms with Gasteiger partial charge in [0.2, 0.25) is 8.32 Å². The average Bonchev–Trinajstić information content (AvgIpc) is 3.17. The van der Waals surface area contributed by atoms with Crippen molar-refractivity contribution in [2.24, 2.45) is 0 Å². The van der Waals surface area contributed by atoms with Crippen LogP contribution in [0.3, 0.4) is 0 Å². The zero-order valence-corrected chi connectivity index (χ0v) is 19.1. The number of hydroxylamine groups is 2. The van der Waals surface area contributed by atoms with Gasteiger partial charge in [0.15, 0.2) is 0 Å². The summed E-state index contributed by atoms with van der Waals surface area (Å²) >= 11 is 0. The van der Waals surface area contributed by atoms with Crippen LogP contribution < -0.4 is 0 Å². The summed E-state index contributed by atoms with van der Waals surface area (Å²) in [5.41, 5.74) is 3.71. The second-order valence-corrected chi connectivity index (χ2v) is 14.2. The van der Waals surface area contributed by atoms with E-state index in [0.29, 0.717) is 6.04 Å². The van der Waals surface area contributed by atoms with Gasteiger partial charge in [0.1, 0.15) is 0 Å². The van der Waals surface area contributed by atoms with Crippen LogP contribution >= 0.6 is 0 Å². The number of piperidine rings is 1. The highest BCUT2D eigenvalue weighted by Crippen LogP contribution is 2.38. The zero-order valence-electron chi connectivity index (χ0n) is 18.1. The minimum Gasteiger partial charge on any atom is -0.342 e. The summed E-state index contributed by atoms with van der Waals surface area (Å²) in [6.07, 6.45) is 7.92. The van der Waals surface area contributed by atoms with Crippen LogP contribution in [-0.4, -0.2) is 46.2 Å². The lowest BCUT2D eigenvalue weighted by Gasteiger charge is -2.42. The van der Waals surface area contributed by atoms with Gasteiger partial charge in [-0.15, -0.1) is 0 Å². The third-order valence-electron chi connectivity index (χ3n) is 6.31. The maximum atomic E-state index is 6.47. The number of rotatable bonds is 4. The molecule has 29 heavy (non-hydrogen) atoms. The molecule has 4 rings (SSSR count). The number of hydrogen-bond donors (Lipinski definition) is 0. The predicted octanol–water partition coefficient (Wildman–Crippen LogP) is 5.07. The van der Waals surface area contributed by atoms with Crippen LogP contribution in [0.25, 0.3) is 22.3 Å². The molecule has 0 amide bonds. The van der Waals surface area contributed by atoms with Crippen LogP contribution in [0.15, 0.2) is 42.9 Å². The quantitative estimate of drug-likeness (QED) is 0.563. The zero-order chi connectivity index (χ0) is 20.6. The molecular formula is C22H31N5OSi. The number of benzene rings is 1. The molecule has 0 N–H and O–H groups in total. The third kappa shape index (κ3) is 4.27. The Morgan fingerprint density at radius 1 is 1.03 bits per heavy atom. The Bertz CT molecular complexity index is 986. The third-order valence-corrected chi connectivity index (χ3v) is 10.6. The van der Waals surface area contributed by atoms with E-state index in [1.807, 2.05) is 36.7 Å². The van der Waals surface area contributed by atoms with E-state index in [2.05, 4.69) is 59.9 Å². The van der Waals surface area contributed by atoms with E-state index in [-0.39, 0.29) is 5.04 Å². The molecule has 6 nitrogen and oxygen atoms in total. The molecular weight excluding hydrogens is 378 g/mol. The van der Waals surface area contributed by atoms with Crippen LogP contribution in [0.2, 0.25) is 18.1 Å². The molecule has 0 radical (unpaired) electrons. The van der Waals surface area contributed by atoms with Gasteiger partial charge >= 0.3 is 0 Å². The summed E-state index contributed by atoms with van der Waals surface area (Å²) in [5, 5.41) is 7.04. The van der Waals surface area contributed by atoms with E-state index in [1.165, 1.54) is 0 Å². The minimum atomic E-state index is -1.77. The van der Waals surface area contributed by atoms with Crippen LogP contribution in [0.5, 0.6) is 0 Å². The van der Waals surface area contributed by atoms with Crippen molar-refractivity contribution in [3.05, 3.63) is 42.9 Å². The number of para-hydroxylation sites is 2. The lowest BCUT2D eigenvalue weighted by atomic mass is 10.1. The Morgan fingerprint density at radius 2 is 1.72 bits per heavy atom. The van der Waals surface area contributed by atoms with Gasteiger partial charge in [0.05, 0.1) is 35.2 Å². The molecule has 1 aromatic carbocycles. The van der Waals surface area contributed by atoms with Crippen molar-refractivity contribution in [1.82, 2.24) is 24.8 Å². The molecule has 1 saturated heterocycles. The van der Waals surface area contributed by atoms with Crippen LogP contribution in [0, 0.1) is 0 Å². The van der Waals surface area contributed by atoms with Crippen molar-refractivity contribution in [2.45, 2.75) is 57.8 Å². The fourth-order valence-electron chi connectivity index (χ4n) is 3.42. The Morgan fingerprint density at radius 3 is 2.41 bits per heavy atom. The molecule has 0 atom stereocenters. The summed E-state index contributed by atoms with van der Waals surface area (Å²) in [6.45, 7) is 13.4. The molecule has 1 fully saturated rings. The smallest absolute Gasteiger partial charge is 0.220 e. The van der Waals surface area contributed by atoms with Crippen LogP contribution in [0.4, 0.5) is 0 Å². The maximum Gasteiger partial charge on any atom is 0.220 e. The molecule has 1 aliphatic rings. The topological polar surface area (TPSA) is 56.1 Å². The Kier molecular flexibility index (Phi) is 5.31. The number of aromatic nitrogens is 4. The van der Waals surface area contributed by atoms with E-state index in [4.69, 9.17) is 9.51 Å². The van der Waals surface area contributed by atoms with Gasteiger partial charge in [-0.05, 0) is 43.1 Å². The van der Waals surface area contributed by atoms with E-state index in [0.717, 1.165) is 48.2 Å². The molecule has 154 valence electrons. The largest absolute Gasteiger partial charge is 0.342 e. The fraction of sp³-hybridized carbons (Fsp3) is 0.500. The van der Waals surface area contributed by atoms with Crippen LogP contribution in [-0.2, 0) is 4.53 Å². The first-order valence-corrected chi connectivity index (χ1v) is 13.3. The van der Waals surface area contributed by atoms with Crippen molar-refractivity contribution in [3.8, 4) is 11.3 Å². The summed E-state index contributed by atoms with van der Waals surface area (Å²) in [4.78, 5) is 9.26. The second kappa shape index (κ2) is 7.63. The fourth-order valence-corrected chi connectivity index (χ4v) is 4.53. The van der Waals surface area contributed by atoms with Crippen molar-refractivity contribution >= 4 is 19.4 Å². The number of fused-ring (bicyclic) bond motifs is 1. The molecule has 3 aromatic rings. The van der Waals surface area contributed by atoms with E-state index in [9.17, 15) is 0 Å². The average molecular weight is 410 g/mol. The minimum absolute atomic E-state index is 0.224. The monoisotopic (exact) mass is 409 g/mol. The van der Waals surface area contributed by atoms with Crippen molar-refractivity contribution in [1.29, 1.82) is 0 Å². The molecule has 0 bridgehead atoms. The molecule has 0 saturated carbocycles. The summed E-state index contributed by atoms with van der Waals surface area (Å²) < 4.78 is 8.56. The SMILES string of the molecule is CC(C)(C)[Si](C)(C)ON1CCC(n2cc(-c3cnc4ccccc4n3)cn2)CC1. The Balaban J connectivity index is 1.42. The van der Waals surface area contributed by atoms with Crippen LogP contribution in [0.1, 0.15) is 39.7 Å². The van der Waals surface area contributed by atoms with Crippen molar-refractivity contribution < 1.29 is 4.53 Å². The first kappa shape index (κ1) is 20.2. The maximum absolute atomic E-state index is 6.47. The highest BCUT2D eigenvalue weighted by molar-refractivity contribution is 6.74. The first-order chi connectivity index (χ1) is 13.7. The van der Waals surface area contributed by atoms with Gasteiger partial charge in [-0.3, -0.25) is 9.67 Å². The Hall–Kier alpha value is -2.09. The molecule has 2 aromatic heterocycles. The van der Waals surface area contributed by atoms with Gasteiger partial charge in [0, 0.05) is 24.8 Å². The number of nitrogens with zero attached hydrogens (tertiary/aromatic N) is 5. The number of hydrogen-bond acceptors (Lipinski definition) is 5. The van der Waals surface area contributed by atoms with Crippen molar-refractivity contribution in [2.75, 3.05) is 13.1 Å². The van der Waals surface area contributed by atoms with Gasteiger partial charge in [-0.25, -0.2) is 10.0 Å². The second-order valence-electron chi connectivity index (χ2n) is 9.46. The molecule has 7 heteroatoms. The normalized spacial score (nSPS) is 17.1. The molecule has 1 aliphatic heterocycles. The summed E-state index contributed by atoms with van der Waals surface area (Å²) in [5.74, 6) is 0. The van der Waals surface area contributed by atoms with E-state index < -0.39 is 8.32 Å². The predicted molar refractivity (Wildman–Crippen MR) is 119 cm³/mol. The lowest BCUT2D eigenvalue weighted by molar-refractivity contribution is -0.0943. The molecule has 3 heterocycles. The summed E-state index contributed by atoms with van der Waals surface area (Å²) in [6, 6.07) is 8.35. The van der Waals surface area contributed by atoms with Gasteiger partial charge < -0.3 is 4.53 Å². The molecule has 0 spiro atoms. The summed E-state index contributed by atoms with van der Waals surface area (Å²) in [7, 11) is -1.77. The highest BCUT2D eigenvalue weighted by Gasteiger charge is 2.40. The van der Waals surface area contributed by atoms with Gasteiger partial charge in [-0.2, -0.15) is 5.10 Å². The highest BCUT2D eigenvalue weighted by atomic mass is 28.4. The Labute approximate surface area is 174 Å². The molecule has 0 unspecified atom stereocenters. The standard InChI is InChI=1S/C22H31N5OSi/c1-22(2,3)29(4,5)28-26-12-10-18(11-13-26)27-16-17(14-24-27)21-15-23-19-8-6-7-9-20(19)25-21/h6-9,14-16,18H,10-13H2,1-5H3. The van der Waals surface area contributed by atoms with Gasteiger partial charge in [0.25, 0.3) is 0 Å². The van der Waals surface area contributed by atoms with Crippen molar-refractivity contribution in [3.63, 3.8) is 0 Å². The first-order valence-electron chi connectivity index (χ1n) is 10.4.